The molecule has 0 saturated heterocycles. The third-order valence-corrected chi connectivity index (χ3v) is 6.88. The van der Waals surface area contributed by atoms with Gasteiger partial charge in [0.1, 0.15) is 0 Å². The van der Waals surface area contributed by atoms with Gasteiger partial charge in [0.05, 0.1) is 34.4 Å². The number of hydrogen-bond acceptors (Lipinski definition) is 6. The summed E-state index contributed by atoms with van der Waals surface area (Å²) in [7, 11) is 0. The van der Waals surface area contributed by atoms with Crippen LogP contribution < -0.4 is 5.56 Å². The fourth-order valence-corrected chi connectivity index (χ4v) is 4.95. The average molecular weight is 433 g/mol. The van der Waals surface area contributed by atoms with E-state index in [0.29, 0.717) is 17.3 Å². The zero-order valence-corrected chi connectivity index (χ0v) is 18.2. The van der Waals surface area contributed by atoms with Gasteiger partial charge in [-0.05, 0) is 54.8 Å². The summed E-state index contributed by atoms with van der Waals surface area (Å²) in [5, 5.41) is 14.0. The van der Waals surface area contributed by atoms with Gasteiger partial charge in [-0.15, -0.1) is 11.8 Å². The maximum atomic E-state index is 13.5. The molecule has 4 aromatic rings. The maximum absolute atomic E-state index is 13.5. The van der Waals surface area contributed by atoms with Gasteiger partial charge >= 0.3 is 0 Å². The molecule has 2 atom stereocenters. The van der Waals surface area contributed by atoms with Gasteiger partial charge in [-0.2, -0.15) is 0 Å². The quantitative estimate of drug-likeness (QED) is 0.386. The van der Waals surface area contributed by atoms with Crippen LogP contribution in [0.25, 0.3) is 21.7 Å². The minimum atomic E-state index is -0.504. The first-order valence-electron chi connectivity index (χ1n) is 10.6. The number of hydrogen-bond donors (Lipinski definition) is 1. The van der Waals surface area contributed by atoms with E-state index in [-0.39, 0.29) is 11.6 Å². The Morgan fingerprint density at radius 1 is 1.10 bits per heavy atom. The maximum Gasteiger partial charge on any atom is 0.261 e. The van der Waals surface area contributed by atoms with Gasteiger partial charge in [-0.3, -0.25) is 14.3 Å². The van der Waals surface area contributed by atoms with Crippen molar-refractivity contribution in [3.05, 3.63) is 70.7 Å². The van der Waals surface area contributed by atoms with E-state index in [1.54, 1.807) is 28.9 Å². The molecule has 1 saturated carbocycles. The van der Waals surface area contributed by atoms with Crippen LogP contribution in [0.4, 0.5) is 0 Å². The second-order valence-corrected chi connectivity index (χ2v) is 8.94. The zero-order chi connectivity index (χ0) is 21.4. The van der Waals surface area contributed by atoms with Gasteiger partial charge in [0, 0.05) is 29.4 Å². The van der Waals surface area contributed by atoms with Gasteiger partial charge in [0.25, 0.3) is 5.56 Å². The fraction of sp³-hybridized carbons (Fsp3) is 0.333. The largest absolute Gasteiger partial charge is 0.391 e. The Morgan fingerprint density at radius 2 is 1.97 bits per heavy atom. The highest BCUT2D eigenvalue weighted by Crippen LogP contribution is 2.30. The molecule has 1 aliphatic carbocycles. The van der Waals surface area contributed by atoms with Crippen LogP contribution in [0.5, 0.6) is 0 Å². The fourth-order valence-electron chi connectivity index (χ4n) is 4.59. The number of aliphatic hydroxyl groups excluding tert-OH is 1. The van der Waals surface area contributed by atoms with Crippen LogP contribution in [0.3, 0.4) is 0 Å². The lowest BCUT2D eigenvalue weighted by atomic mass is 9.92. The summed E-state index contributed by atoms with van der Waals surface area (Å²) >= 11 is 1.61. The van der Waals surface area contributed by atoms with Gasteiger partial charge in [0.15, 0.2) is 0 Å². The highest BCUT2D eigenvalue weighted by Gasteiger charge is 2.26. The number of pyridine rings is 2. The van der Waals surface area contributed by atoms with Crippen LogP contribution in [0.1, 0.15) is 42.9 Å². The van der Waals surface area contributed by atoms with Crippen LogP contribution in [-0.4, -0.2) is 37.0 Å². The van der Waals surface area contributed by atoms with E-state index < -0.39 is 6.10 Å². The first-order valence-corrected chi connectivity index (χ1v) is 11.8. The number of rotatable bonds is 4. The van der Waals surface area contributed by atoms with E-state index in [0.717, 1.165) is 52.6 Å². The highest BCUT2D eigenvalue weighted by atomic mass is 32.2. The molecule has 1 aromatic carbocycles. The molecule has 5 rings (SSSR count). The first-order chi connectivity index (χ1) is 15.2. The number of nitrogens with zero attached hydrogens (tertiary/aromatic N) is 4. The van der Waals surface area contributed by atoms with Crippen LogP contribution in [-0.2, 0) is 6.42 Å². The molecule has 6 nitrogen and oxygen atoms in total. The highest BCUT2D eigenvalue weighted by molar-refractivity contribution is 7.98. The average Bonchev–Trinajstić information content (AvgIpc) is 2.81. The van der Waals surface area contributed by atoms with E-state index in [4.69, 9.17) is 0 Å². The monoisotopic (exact) mass is 432 g/mol. The Hall–Kier alpha value is -2.77. The number of benzene rings is 1. The topological polar surface area (TPSA) is 80.9 Å². The molecule has 7 heteroatoms. The number of aliphatic hydroxyl groups is 1. The molecule has 1 N–H and O–H groups in total. The van der Waals surface area contributed by atoms with Crippen LogP contribution in [0, 0.1) is 0 Å². The minimum Gasteiger partial charge on any atom is -0.391 e. The summed E-state index contributed by atoms with van der Waals surface area (Å²) in [6, 6.07) is 7.75. The van der Waals surface area contributed by atoms with E-state index >= 15 is 0 Å². The van der Waals surface area contributed by atoms with Crippen molar-refractivity contribution in [2.24, 2.45) is 0 Å². The molecule has 3 aromatic heterocycles. The summed E-state index contributed by atoms with van der Waals surface area (Å²) in [6.07, 6.45) is 12.8. The predicted molar refractivity (Wildman–Crippen MR) is 124 cm³/mol. The summed E-state index contributed by atoms with van der Waals surface area (Å²) in [5.74, 6) is 0. The van der Waals surface area contributed by atoms with Crippen molar-refractivity contribution in [3.8, 4) is 0 Å². The molecule has 1 fully saturated rings. The molecule has 0 unspecified atom stereocenters. The number of thioether (sulfide) groups is 1. The van der Waals surface area contributed by atoms with E-state index in [1.807, 2.05) is 36.8 Å². The van der Waals surface area contributed by atoms with Crippen molar-refractivity contribution in [2.75, 3.05) is 6.26 Å². The lowest BCUT2D eigenvalue weighted by Crippen LogP contribution is -2.34. The lowest BCUT2D eigenvalue weighted by Gasteiger charge is -2.29. The Labute approximate surface area is 184 Å². The molecule has 0 amide bonds. The SMILES string of the molecule is CSc1ccc(Cc2cc3c(=O)n([C@H]4CCCC[C@@H]4O)cnc3c3ccncc23)cn1. The molecular formula is C24H24N4O2S. The summed E-state index contributed by atoms with van der Waals surface area (Å²) < 4.78 is 1.64. The molecule has 3 heterocycles. The van der Waals surface area contributed by atoms with Gasteiger partial charge in [-0.25, -0.2) is 9.97 Å². The third-order valence-electron chi connectivity index (χ3n) is 6.22. The molecule has 0 aliphatic heterocycles. The summed E-state index contributed by atoms with van der Waals surface area (Å²) in [4.78, 5) is 26.9. The number of fused-ring (bicyclic) bond motifs is 3. The molecule has 1 aliphatic rings. The summed E-state index contributed by atoms with van der Waals surface area (Å²) in [5.41, 5.74) is 2.69. The van der Waals surface area contributed by atoms with Crippen molar-refractivity contribution in [1.29, 1.82) is 0 Å². The van der Waals surface area contributed by atoms with Crippen LogP contribution >= 0.6 is 11.8 Å². The molecule has 0 bridgehead atoms. The molecule has 0 spiro atoms. The Morgan fingerprint density at radius 3 is 2.74 bits per heavy atom. The first kappa shape index (κ1) is 20.2. The van der Waals surface area contributed by atoms with Gasteiger partial charge in [0.2, 0.25) is 0 Å². The molecule has 31 heavy (non-hydrogen) atoms. The van der Waals surface area contributed by atoms with E-state index in [2.05, 4.69) is 21.0 Å². The van der Waals surface area contributed by atoms with Crippen molar-refractivity contribution in [2.45, 2.75) is 49.3 Å². The van der Waals surface area contributed by atoms with E-state index in [1.165, 1.54) is 0 Å². The molecule has 0 radical (unpaired) electrons. The second kappa shape index (κ2) is 8.40. The van der Waals surface area contributed by atoms with Crippen LogP contribution in [0.15, 0.2) is 59.0 Å². The van der Waals surface area contributed by atoms with Crippen LogP contribution in [0.2, 0.25) is 0 Å². The number of aromatic nitrogens is 4. The second-order valence-electron chi connectivity index (χ2n) is 8.11. The third kappa shape index (κ3) is 3.72. The van der Waals surface area contributed by atoms with Crippen molar-refractivity contribution in [3.63, 3.8) is 0 Å². The zero-order valence-electron chi connectivity index (χ0n) is 17.4. The van der Waals surface area contributed by atoms with Crippen molar-refractivity contribution >= 4 is 33.4 Å². The summed E-state index contributed by atoms with van der Waals surface area (Å²) in [6.45, 7) is 0. The lowest BCUT2D eigenvalue weighted by molar-refractivity contribution is 0.0735. The Bertz CT molecular complexity index is 1300. The standard InChI is InChI=1S/C24H24N4O2S/c1-31-22-7-6-15(12-26-22)10-16-11-18-23(17-8-9-25-13-19(16)17)27-14-28(24(18)30)20-4-2-3-5-21(20)29/h6-9,11-14,20-21,29H,2-5,10H2,1H3/t20-,21-/m0/s1. The van der Waals surface area contributed by atoms with Gasteiger partial charge < -0.3 is 5.11 Å². The Kier molecular flexibility index (Phi) is 5.46. The van der Waals surface area contributed by atoms with Crippen molar-refractivity contribution < 1.29 is 5.11 Å². The smallest absolute Gasteiger partial charge is 0.261 e. The van der Waals surface area contributed by atoms with Crippen molar-refractivity contribution in [1.82, 2.24) is 19.5 Å². The van der Waals surface area contributed by atoms with Gasteiger partial charge in [-0.1, -0.05) is 18.9 Å². The molecular weight excluding hydrogens is 408 g/mol. The predicted octanol–water partition coefficient (Wildman–Crippen LogP) is 4.13. The molecule has 158 valence electrons. The normalized spacial score (nSPS) is 19.2. The minimum absolute atomic E-state index is 0.0910. The Balaban J connectivity index is 1.67. The van der Waals surface area contributed by atoms with E-state index in [9.17, 15) is 9.90 Å².